The minimum absolute atomic E-state index is 1.16. The maximum absolute atomic E-state index is 4.14. The van der Waals surface area contributed by atoms with Crippen LogP contribution in [-0.2, 0) is 0 Å². The summed E-state index contributed by atoms with van der Waals surface area (Å²) in [7, 11) is 0. The summed E-state index contributed by atoms with van der Waals surface area (Å²) in [5.74, 6) is 0. The minimum Gasteiger partial charge on any atom is -0.264 e. The summed E-state index contributed by atoms with van der Waals surface area (Å²) in [5, 5.41) is 3.36. The number of hydrogen-bond donors (Lipinski definition) is 0. The Kier molecular flexibility index (Phi) is 2.00. The lowest BCUT2D eigenvalue weighted by Crippen LogP contribution is -1.76. The van der Waals surface area contributed by atoms with Gasteiger partial charge in [0.15, 0.2) is 0 Å². The second-order valence-corrected chi connectivity index (χ2v) is 4.21. The van der Waals surface area contributed by atoms with E-state index in [1.807, 2.05) is 24.4 Å². The van der Waals surface area contributed by atoms with Gasteiger partial charge in [-0.25, -0.2) is 0 Å². The molecule has 0 atom stereocenters. The molecule has 0 amide bonds. The number of nitrogens with zero attached hydrogens (tertiary/aromatic N) is 1. The fraction of sp³-hybridized carbons (Fsp3) is 0. The van der Waals surface area contributed by atoms with E-state index >= 15 is 0 Å². The van der Waals surface area contributed by atoms with Crippen LogP contribution in [0.1, 0.15) is 0 Å². The van der Waals surface area contributed by atoms with Gasteiger partial charge in [-0.05, 0) is 23.6 Å². The van der Waals surface area contributed by atoms with Gasteiger partial charge >= 0.3 is 0 Å². The van der Waals surface area contributed by atoms with E-state index < -0.39 is 0 Å². The first-order chi connectivity index (χ1) is 7.45. The summed E-state index contributed by atoms with van der Waals surface area (Å²) in [4.78, 5) is 4.14. The van der Waals surface area contributed by atoms with Crippen molar-refractivity contribution < 1.29 is 0 Å². The number of pyridine rings is 1. The third-order valence-electron chi connectivity index (χ3n) is 2.36. The molecule has 2 aromatic heterocycles. The SMILES string of the molecule is [c]1cccc2scc(-c3cccnc3)c12. The molecule has 3 aromatic rings. The molecule has 15 heavy (non-hydrogen) atoms. The minimum atomic E-state index is 1.16. The van der Waals surface area contributed by atoms with Crippen LogP contribution in [-0.4, -0.2) is 4.98 Å². The zero-order valence-electron chi connectivity index (χ0n) is 7.97. The first-order valence-corrected chi connectivity index (χ1v) is 5.61. The summed E-state index contributed by atoms with van der Waals surface area (Å²) in [6.45, 7) is 0. The van der Waals surface area contributed by atoms with Crippen molar-refractivity contribution in [3.8, 4) is 11.1 Å². The van der Waals surface area contributed by atoms with Gasteiger partial charge in [0.2, 0.25) is 0 Å². The van der Waals surface area contributed by atoms with Gasteiger partial charge in [0.1, 0.15) is 0 Å². The molecule has 2 heterocycles. The first kappa shape index (κ1) is 8.62. The monoisotopic (exact) mass is 210 g/mol. The van der Waals surface area contributed by atoms with Gasteiger partial charge in [0.25, 0.3) is 0 Å². The van der Waals surface area contributed by atoms with Crippen LogP contribution < -0.4 is 0 Å². The lowest BCUT2D eigenvalue weighted by atomic mass is 10.1. The summed E-state index contributed by atoms with van der Waals surface area (Å²) in [5.41, 5.74) is 2.38. The predicted molar refractivity (Wildman–Crippen MR) is 63.9 cm³/mol. The number of fused-ring (bicyclic) bond motifs is 1. The van der Waals surface area contributed by atoms with E-state index in [4.69, 9.17) is 0 Å². The molecule has 0 aliphatic heterocycles. The van der Waals surface area contributed by atoms with Crippen molar-refractivity contribution in [2.24, 2.45) is 0 Å². The van der Waals surface area contributed by atoms with Crippen LogP contribution in [0, 0.1) is 6.07 Å². The topological polar surface area (TPSA) is 12.9 Å². The van der Waals surface area contributed by atoms with Crippen molar-refractivity contribution in [3.63, 3.8) is 0 Å². The second kappa shape index (κ2) is 3.48. The maximum Gasteiger partial charge on any atom is 0.0355 e. The number of hydrogen-bond acceptors (Lipinski definition) is 2. The quantitative estimate of drug-likeness (QED) is 0.596. The van der Waals surface area contributed by atoms with E-state index in [2.05, 4.69) is 28.6 Å². The zero-order chi connectivity index (χ0) is 10.1. The molecule has 0 bridgehead atoms. The maximum atomic E-state index is 4.14. The molecule has 1 nitrogen and oxygen atoms in total. The molecule has 0 fully saturated rings. The van der Waals surface area contributed by atoms with Crippen LogP contribution in [0.3, 0.4) is 0 Å². The van der Waals surface area contributed by atoms with Gasteiger partial charge in [-0.2, -0.15) is 0 Å². The lowest BCUT2D eigenvalue weighted by Gasteiger charge is -1.97. The Labute approximate surface area is 92.0 Å². The van der Waals surface area contributed by atoms with Crippen molar-refractivity contribution in [2.75, 3.05) is 0 Å². The van der Waals surface area contributed by atoms with E-state index in [0.29, 0.717) is 0 Å². The van der Waals surface area contributed by atoms with E-state index in [9.17, 15) is 0 Å². The van der Waals surface area contributed by atoms with E-state index in [0.717, 1.165) is 5.56 Å². The third kappa shape index (κ3) is 1.43. The summed E-state index contributed by atoms with van der Waals surface area (Å²) in [6, 6.07) is 13.4. The molecule has 0 saturated carbocycles. The van der Waals surface area contributed by atoms with Gasteiger partial charge in [0, 0.05) is 33.6 Å². The van der Waals surface area contributed by atoms with Crippen molar-refractivity contribution in [3.05, 3.63) is 54.2 Å². The Morgan fingerprint density at radius 1 is 1.20 bits per heavy atom. The summed E-state index contributed by atoms with van der Waals surface area (Å²) in [6.07, 6.45) is 3.68. The van der Waals surface area contributed by atoms with Gasteiger partial charge < -0.3 is 0 Å². The molecule has 0 aliphatic carbocycles. The molecule has 0 unspecified atom stereocenters. The van der Waals surface area contributed by atoms with Gasteiger partial charge in [0.05, 0.1) is 0 Å². The highest BCUT2D eigenvalue weighted by molar-refractivity contribution is 7.17. The Morgan fingerprint density at radius 2 is 2.20 bits per heavy atom. The predicted octanol–water partition coefficient (Wildman–Crippen LogP) is 3.76. The number of thiophene rings is 1. The highest BCUT2D eigenvalue weighted by Crippen LogP contribution is 2.32. The highest BCUT2D eigenvalue weighted by Gasteiger charge is 2.04. The zero-order valence-corrected chi connectivity index (χ0v) is 8.79. The second-order valence-electron chi connectivity index (χ2n) is 3.30. The summed E-state index contributed by atoms with van der Waals surface area (Å²) < 4.78 is 1.27. The first-order valence-electron chi connectivity index (χ1n) is 4.73. The average molecular weight is 210 g/mol. The van der Waals surface area contributed by atoms with Crippen LogP contribution in [0.2, 0.25) is 0 Å². The largest absolute Gasteiger partial charge is 0.264 e. The van der Waals surface area contributed by atoms with Crippen molar-refractivity contribution in [1.82, 2.24) is 4.98 Å². The van der Waals surface area contributed by atoms with E-state index in [1.54, 1.807) is 17.5 Å². The van der Waals surface area contributed by atoms with Crippen molar-refractivity contribution >= 4 is 21.4 Å². The molecular weight excluding hydrogens is 202 g/mol. The molecule has 1 aromatic carbocycles. The fourth-order valence-corrected chi connectivity index (χ4v) is 2.59. The molecule has 3 rings (SSSR count). The Morgan fingerprint density at radius 3 is 3.07 bits per heavy atom. The average Bonchev–Trinajstić information content (AvgIpc) is 2.74. The van der Waals surface area contributed by atoms with Crippen molar-refractivity contribution in [1.29, 1.82) is 0 Å². The van der Waals surface area contributed by atoms with Crippen LogP contribution in [0.15, 0.2) is 48.1 Å². The van der Waals surface area contributed by atoms with E-state index in [1.165, 1.54) is 15.6 Å². The Hall–Kier alpha value is -1.67. The Balaban J connectivity index is 2.28. The van der Waals surface area contributed by atoms with Crippen molar-refractivity contribution in [2.45, 2.75) is 0 Å². The normalized spacial score (nSPS) is 10.7. The van der Waals surface area contributed by atoms with Gasteiger partial charge in [-0.1, -0.05) is 18.2 Å². The van der Waals surface area contributed by atoms with Crippen LogP contribution >= 0.6 is 11.3 Å². The fourth-order valence-electron chi connectivity index (χ4n) is 1.65. The molecule has 2 heteroatoms. The van der Waals surface area contributed by atoms with E-state index in [-0.39, 0.29) is 0 Å². The number of rotatable bonds is 1. The number of benzene rings is 1. The molecule has 0 N–H and O–H groups in total. The molecular formula is C13H8NS. The lowest BCUT2D eigenvalue weighted by molar-refractivity contribution is 1.33. The third-order valence-corrected chi connectivity index (χ3v) is 3.31. The number of aromatic nitrogens is 1. The van der Waals surface area contributed by atoms with Gasteiger partial charge in [-0.15, -0.1) is 11.3 Å². The van der Waals surface area contributed by atoms with Crippen LogP contribution in [0.4, 0.5) is 0 Å². The highest BCUT2D eigenvalue weighted by atomic mass is 32.1. The molecule has 0 aliphatic rings. The molecule has 71 valence electrons. The summed E-state index contributed by atoms with van der Waals surface area (Å²) >= 11 is 1.75. The van der Waals surface area contributed by atoms with Crippen LogP contribution in [0.25, 0.3) is 21.2 Å². The molecule has 0 spiro atoms. The molecule has 1 radical (unpaired) electrons. The van der Waals surface area contributed by atoms with Crippen LogP contribution in [0.5, 0.6) is 0 Å². The molecule has 0 saturated heterocycles. The standard InChI is InChI=1S/C13H8NS/c1-2-6-13-11(5-1)12(9-15-13)10-4-3-7-14-8-10/h1-4,6-9H. The Bertz CT molecular complexity index is 584. The van der Waals surface area contributed by atoms with Gasteiger partial charge in [-0.3, -0.25) is 4.98 Å². The smallest absolute Gasteiger partial charge is 0.0355 e.